The molecule has 1 heterocycles. The van der Waals surface area contributed by atoms with Gasteiger partial charge in [-0.3, -0.25) is 19.3 Å². The van der Waals surface area contributed by atoms with Crippen molar-refractivity contribution in [3.63, 3.8) is 0 Å². The summed E-state index contributed by atoms with van der Waals surface area (Å²) in [6.45, 7) is 0. The number of phenolic OH excluding ortho intramolecular Hbond substituents is 1. The lowest BCUT2D eigenvalue weighted by molar-refractivity contribution is -0.123. The van der Waals surface area contributed by atoms with E-state index in [9.17, 15) is 23.9 Å². The van der Waals surface area contributed by atoms with Gasteiger partial charge >= 0.3 is 0 Å². The molecule has 0 radical (unpaired) electrons. The Morgan fingerprint density at radius 3 is 2.57 bits per heavy atom. The molecule has 10 nitrogen and oxygen atoms in total. The van der Waals surface area contributed by atoms with Gasteiger partial charge < -0.3 is 26.6 Å². The minimum absolute atomic E-state index is 0.0667. The Labute approximate surface area is 216 Å². The normalized spacial score (nSPS) is 14.2. The van der Waals surface area contributed by atoms with Crippen LogP contribution in [0.5, 0.6) is 11.5 Å². The molecule has 37 heavy (non-hydrogen) atoms. The number of nitrogens with two attached hydrogens (primary N) is 2. The number of anilines is 2. The molecule has 194 valence electrons. The number of nitrogen functional groups attached to an aromatic ring is 1. The fourth-order valence-electron chi connectivity index (χ4n) is 4.38. The van der Waals surface area contributed by atoms with Crippen LogP contribution in [0.4, 0.5) is 15.8 Å². The quantitative estimate of drug-likeness (QED) is 0.350. The summed E-state index contributed by atoms with van der Waals surface area (Å²) < 4.78 is 23.5. The average molecular weight is 528 g/mol. The van der Waals surface area contributed by atoms with Crippen LogP contribution in [-0.4, -0.2) is 40.4 Å². The van der Waals surface area contributed by atoms with E-state index in [1.54, 1.807) is 0 Å². The first kappa shape index (κ1) is 25.9. The number of phenols is 1. The van der Waals surface area contributed by atoms with Crippen molar-refractivity contribution in [1.82, 2.24) is 9.69 Å². The molecule has 3 amide bonds. The number of hydrogen-bond acceptors (Lipinski definition) is 8. The largest absolute Gasteiger partial charge is 0.504 e. The van der Waals surface area contributed by atoms with E-state index in [-0.39, 0.29) is 39.5 Å². The zero-order valence-electron chi connectivity index (χ0n) is 19.9. The maximum atomic E-state index is 14.4. The number of carbonyl (C=O) groups excluding carboxylic acids is 3. The number of benzene rings is 2. The minimum atomic E-state index is -1.32. The van der Waals surface area contributed by atoms with E-state index < -0.39 is 29.6 Å². The van der Waals surface area contributed by atoms with Gasteiger partial charge in [-0.25, -0.2) is 4.39 Å². The standard InChI is InChI=1S/C25H26FN5O5S/c1-36-18-11-13(9-10-17(18)32)21(24(34)29-15-6-2-3-7-15)31(16-8-4-5-14(26)12-16)25(35)22-19(27)20(23(28)33)30-37-22/h4-5,8-12,15,21,32H,2-3,6-7,27H2,1H3,(H2,28,33)(H,29,34)/t21-/m0/s1. The van der Waals surface area contributed by atoms with Crippen LogP contribution in [0, 0.1) is 5.82 Å². The van der Waals surface area contributed by atoms with Crippen LogP contribution in [0.25, 0.3) is 0 Å². The molecule has 0 aliphatic heterocycles. The summed E-state index contributed by atoms with van der Waals surface area (Å²) >= 11 is 0.650. The first-order valence-electron chi connectivity index (χ1n) is 11.5. The molecule has 1 fully saturated rings. The molecule has 1 saturated carbocycles. The van der Waals surface area contributed by atoms with E-state index in [1.165, 1.54) is 43.5 Å². The summed E-state index contributed by atoms with van der Waals surface area (Å²) in [5.74, 6) is -2.94. The second-order valence-corrected chi connectivity index (χ2v) is 9.39. The molecule has 4 rings (SSSR count). The van der Waals surface area contributed by atoms with Gasteiger partial charge in [0.25, 0.3) is 11.8 Å². The highest BCUT2D eigenvalue weighted by Crippen LogP contribution is 2.37. The van der Waals surface area contributed by atoms with Crippen LogP contribution in [-0.2, 0) is 4.79 Å². The summed E-state index contributed by atoms with van der Waals surface area (Å²) in [7, 11) is 1.35. The zero-order chi connectivity index (χ0) is 26.7. The number of halogens is 1. The van der Waals surface area contributed by atoms with Crippen molar-refractivity contribution in [1.29, 1.82) is 0 Å². The van der Waals surface area contributed by atoms with Crippen LogP contribution in [0.15, 0.2) is 42.5 Å². The second kappa shape index (κ2) is 10.8. The van der Waals surface area contributed by atoms with E-state index in [2.05, 4.69) is 9.69 Å². The van der Waals surface area contributed by atoms with Crippen LogP contribution in [0.3, 0.4) is 0 Å². The predicted molar refractivity (Wildman–Crippen MR) is 136 cm³/mol. The number of aromatic nitrogens is 1. The molecule has 1 aliphatic carbocycles. The Morgan fingerprint density at radius 2 is 1.95 bits per heavy atom. The lowest BCUT2D eigenvalue weighted by atomic mass is 10.0. The molecular formula is C25H26FN5O5S. The molecule has 1 aromatic heterocycles. The number of ether oxygens (including phenoxy) is 1. The number of aromatic hydroxyl groups is 1. The summed E-state index contributed by atoms with van der Waals surface area (Å²) in [6, 6.07) is 8.02. The number of rotatable bonds is 8. The monoisotopic (exact) mass is 527 g/mol. The van der Waals surface area contributed by atoms with Gasteiger partial charge in [-0.1, -0.05) is 25.0 Å². The third-order valence-corrected chi connectivity index (χ3v) is 7.04. The van der Waals surface area contributed by atoms with Gasteiger partial charge in [-0.15, -0.1) is 0 Å². The Kier molecular flexibility index (Phi) is 7.58. The number of nitrogens with zero attached hydrogens (tertiary/aromatic N) is 2. The van der Waals surface area contributed by atoms with Crippen molar-refractivity contribution in [3.05, 3.63) is 64.4 Å². The van der Waals surface area contributed by atoms with Gasteiger partial charge in [-0.2, -0.15) is 4.37 Å². The van der Waals surface area contributed by atoms with Gasteiger partial charge in [0.05, 0.1) is 12.8 Å². The highest BCUT2D eigenvalue weighted by Gasteiger charge is 2.37. The van der Waals surface area contributed by atoms with E-state index in [0.29, 0.717) is 17.1 Å². The second-order valence-electron chi connectivity index (χ2n) is 8.62. The number of nitrogens with one attached hydrogen (secondary N) is 1. The maximum Gasteiger partial charge on any atom is 0.273 e. The topological polar surface area (TPSA) is 161 Å². The molecule has 0 unspecified atom stereocenters. The Bertz CT molecular complexity index is 1340. The third kappa shape index (κ3) is 5.33. The molecule has 0 bridgehead atoms. The highest BCUT2D eigenvalue weighted by molar-refractivity contribution is 7.09. The summed E-state index contributed by atoms with van der Waals surface area (Å²) in [5.41, 5.74) is 11.2. The molecular weight excluding hydrogens is 501 g/mol. The predicted octanol–water partition coefficient (Wildman–Crippen LogP) is 3.12. The molecule has 0 saturated heterocycles. The minimum Gasteiger partial charge on any atom is -0.504 e. The van der Waals surface area contributed by atoms with Gasteiger partial charge in [0.1, 0.15) is 16.7 Å². The van der Waals surface area contributed by atoms with Crippen molar-refractivity contribution in [3.8, 4) is 11.5 Å². The third-order valence-electron chi connectivity index (χ3n) is 6.19. The number of carbonyl (C=O) groups is 3. The number of methoxy groups -OCH3 is 1. The van der Waals surface area contributed by atoms with Crippen molar-refractivity contribution in [2.45, 2.75) is 37.8 Å². The van der Waals surface area contributed by atoms with Crippen LogP contribution < -0.4 is 26.4 Å². The molecule has 6 N–H and O–H groups in total. The molecule has 3 aromatic rings. The van der Waals surface area contributed by atoms with Crippen molar-refractivity contribution in [2.24, 2.45) is 5.73 Å². The van der Waals surface area contributed by atoms with Gasteiger partial charge in [0, 0.05) is 11.7 Å². The van der Waals surface area contributed by atoms with Gasteiger partial charge in [0.2, 0.25) is 5.91 Å². The molecule has 1 atom stereocenters. The van der Waals surface area contributed by atoms with E-state index >= 15 is 0 Å². The first-order valence-corrected chi connectivity index (χ1v) is 12.3. The maximum absolute atomic E-state index is 14.4. The number of amides is 3. The van der Waals surface area contributed by atoms with Crippen LogP contribution in [0.1, 0.15) is 57.4 Å². The number of hydrogen-bond donors (Lipinski definition) is 4. The van der Waals surface area contributed by atoms with Crippen molar-refractivity contribution < 1.29 is 28.6 Å². The summed E-state index contributed by atoms with van der Waals surface area (Å²) in [6.07, 6.45) is 3.50. The first-order chi connectivity index (χ1) is 17.7. The smallest absolute Gasteiger partial charge is 0.273 e. The van der Waals surface area contributed by atoms with Crippen molar-refractivity contribution >= 4 is 40.6 Å². The fraction of sp³-hybridized carbons (Fsp3) is 0.280. The Morgan fingerprint density at radius 1 is 1.22 bits per heavy atom. The van der Waals surface area contributed by atoms with E-state index in [1.807, 2.05) is 0 Å². The SMILES string of the molecule is COc1cc([C@@H](C(=O)NC2CCCC2)N(C(=O)c2snc(C(N)=O)c2N)c2cccc(F)c2)ccc1O. The highest BCUT2D eigenvalue weighted by atomic mass is 32.1. The zero-order valence-corrected chi connectivity index (χ0v) is 20.8. The van der Waals surface area contributed by atoms with E-state index in [0.717, 1.165) is 36.6 Å². The summed E-state index contributed by atoms with van der Waals surface area (Å²) in [4.78, 5) is 40.4. The average Bonchev–Trinajstić information content (AvgIpc) is 3.52. The van der Waals surface area contributed by atoms with Gasteiger partial charge in [0.15, 0.2) is 17.2 Å². The molecule has 2 aromatic carbocycles. The Hall–Kier alpha value is -4.19. The van der Waals surface area contributed by atoms with Crippen LogP contribution >= 0.6 is 11.5 Å². The summed E-state index contributed by atoms with van der Waals surface area (Å²) in [5, 5.41) is 13.1. The van der Waals surface area contributed by atoms with E-state index in [4.69, 9.17) is 16.2 Å². The van der Waals surface area contributed by atoms with Gasteiger partial charge in [-0.05, 0) is 60.3 Å². The Balaban J connectivity index is 1.89. The molecule has 0 spiro atoms. The molecule has 12 heteroatoms. The lowest BCUT2D eigenvalue weighted by Crippen LogP contribution is -2.46. The van der Waals surface area contributed by atoms with Crippen molar-refractivity contribution in [2.75, 3.05) is 17.7 Å². The molecule has 1 aliphatic rings. The fourth-order valence-corrected chi connectivity index (χ4v) is 5.12. The lowest BCUT2D eigenvalue weighted by Gasteiger charge is -2.32. The number of primary amides is 1. The van der Waals surface area contributed by atoms with Crippen LogP contribution in [0.2, 0.25) is 0 Å².